The maximum absolute atomic E-state index is 10.9. The molecular formula is C14H18O3. The number of hydrogen-bond donors (Lipinski definition) is 1. The Kier molecular flexibility index (Phi) is 3.09. The molecule has 0 heterocycles. The van der Waals surface area contributed by atoms with Gasteiger partial charge in [0, 0.05) is 11.0 Å². The minimum Gasteiger partial charge on any atom is -0.494 e. The van der Waals surface area contributed by atoms with Crippen LogP contribution in [0, 0.1) is 6.92 Å². The molecule has 0 radical (unpaired) electrons. The second-order valence-corrected chi connectivity index (χ2v) is 4.78. The first kappa shape index (κ1) is 12.0. The maximum Gasteiger partial charge on any atom is 0.304 e. The molecule has 0 saturated heterocycles. The number of carbonyl (C=O) groups is 1. The minimum absolute atomic E-state index is 0.178. The number of aliphatic carboxylic acids is 1. The fourth-order valence-electron chi connectivity index (χ4n) is 2.32. The Morgan fingerprint density at radius 1 is 1.47 bits per heavy atom. The number of hydrogen-bond acceptors (Lipinski definition) is 2. The fourth-order valence-corrected chi connectivity index (χ4v) is 2.32. The Morgan fingerprint density at radius 2 is 2.18 bits per heavy atom. The predicted molar refractivity (Wildman–Crippen MR) is 65.5 cm³/mol. The van der Waals surface area contributed by atoms with Crippen LogP contribution in [-0.2, 0) is 10.2 Å². The van der Waals surface area contributed by atoms with Gasteiger partial charge in [-0.05, 0) is 32.8 Å². The molecule has 1 aliphatic carbocycles. The third-order valence-electron chi connectivity index (χ3n) is 3.35. The summed E-state index contributed by atoms with van der Waals surface area (Å²) < 4.78 is 5.61. The van der Waals surface area contributed by atoms with Gasteiger partial charge in [-0.25, -0.2) is 0 Å². The van der Waals surface area contributed by atoms with Crippen molar-refractivity contribution < 1.29 is 14.6 Å². The van der Waals surface area contributed by atoms with Crippen LogP contribution in [0.4, 0.5) is 0 Å². The number of carboxylic acids is 1. The smallest absolute Gasteiger partial charge is 0.304 e. The van der Waals surface area contributed by atoms with E-state index in [9.17, 15) is 4.79 Å². The van der Waals surface area contributed by atoms with Gasteiger partial charge in [-0.1, -0.05) is 17.7 Å². The number of rotatable bonds is 5. The molecule has 0 spiro atoms. The van der Waals surface area contributed by atoms with Crippen molar-refractivity contribution in [1.82, 2.24) is 0 Å². The maximum atomic E-state index is 10.9. The van der Waals surface area contributed by atoms with E-state index in [0.717, 1.165) is 29.7 Å². The summed E-state index contributed by atoms with van der Waals surface area (Å²) in [6.45, 7) is 4.58. The van der Waals surface area contributed by atoms with Crippen LogP contribution < -0.4 is 4.74 Å². The van der Waals surface area contributed by atoms with Crippen LogP contribution in [0.1, 0.15) is 37.3 Å². The Morgan fingerprint density at radius 3 is 2.71 bits per heavy atom. The summed E-state index contributed by atoms with van der Waals surface area (Å²) in [7, 11) is 0. The van der Waals surface area contributed by atoms with Gasteiger partial charge in [0.2, 0.25) is 0 Å². The highest BCUT2D eigenvalue weighted by molar-refractivity contribution is 5.70. The lowest BCUT2D eigenvalue weighted by Crippen LogP contribution is -2.14. The molecule has 0 unspecified atom stereocenters. The van der Waals surface area contributed by atoms with Crippen molar-refractivity contribution in [3.8, 4) is 5.75 Å². The van der Waals surface area contributed by atoms with Gasteiger partial charge in [-0.3, -0.25) is 4.79 Å². The lowest BCUT2D eigenvalue weighted by Gasteiger charge is -2.18. The Bertz CT molecular complexity index is 433. The first-order valence-corrected chi connectivity index (χ1v) is 6.03. The molecule has 2 rings (SSSR count). The molecule has 0 amide bonds. The highest BCUT2D eigenvalue weighted by Gasteiger charge is 2.47. The highest BCUT2D eigenvalue weighted by Crippen LogP contribution is 2.54. The van der Waals surface area contributed by atoms with Gasteiger partial charge in [0.1, 0.15) is 5.75 Å². The van der Waals surface area contributed by atoms with Gasteiger partial charge in [0.25, 0.3) is 0 Å². The van der Waals surface area contributed by atoms with E-state index in [1.54, 1.807) is 0 Å². The molecular weight excluding hydrogens is 216 g/mol. The summed E-state index contributed by atoms with van der Waals surface area (Å²) in [5, 5.41) is 9.00. The third kappa shape index (κ3) is 2.43. The summed E-state index contributed by atoms with van der Waals surface area (Å²) in [5.74, 6) is 0.114. The molecule has 1 N–H and O–H groups in total. The number of carboxylic acid groups (broad SMARTS) is 1. The Balaban J connectivity index is 2.36. The van der Waals surface area contributed by atoms with E-state index in [-0.39, 0.29) is 11.8 Å². The normalized spacial score (nSPS) is 16.6. The van der Waals surface area contributed by atoms with Crippen LogP contribution >= 0.6 is 0 Å². The minimum atomic E-state index is -0.730. The van der Waals surface area contributed by atoms with Crippen molar-refractivity contribution in [1.29, 1.82) is 0 Å². The first-order chi connectivity index (χ1) is 8.07. The van der Waals surface area contributed by atoms with Gasteiger partial charge < -0.3 is 9.84 Å². The largest absolute Gasteiger partial charge is 0.494 e. The van der Waals surface area contributed by atoms with Gasteiger partial charge in [0.15, 0.2) is 0 Å². The van der Waals surface area contributed by atoms with Crippen molar-refractivity contribution in [3.63, 3.8) is 0 Å². The third-order valence-corrected chi connectivity index (χ3v) is 3.35. The Hall–Kier alpha value is -1.51. The van der Waals surface area contributed by atoms with Gasteiger partial charge in [-0.15, -0.1) is 0 Å². The monoisotopic (exact) mass is 234 g/mol. The molecule has 1 aliphatic rings. The van der Waals surface area contributed by atoms with E-state index in [0.29, 0.717) is 6.61 Å². The van der Waals surface area contributed by atoms with E-state index in [1.807, 2.05) is 26.0 Å². The van der Waals surface area contributed by atoms with Crippen LogP contribution in [0.2, 0.25) is 0 Å². The number of ether oxygens (including phenoxy) is 1. The van der Waals surface area contributed by atoms with Crippen molar-refractivity contribution in [3.05, 3.63) is 29.3 Å². The van der Waals surface area contributed by atoms with E-state index in [1.165, 1.54) is 0 Å². The lowest BCUT2D eigenvalue weighted by atomic mass is 9.90. The molecule has 1 saturated carbocycles. The summed E-state index contributed by atoms with van der Waals surface area (Å²) >= 11 is 0. The quantitative estimate of drug-likeness (QED) is 0.852. The van der Waals surface area contributed by atoms with E-state index < -0.39 is 5.97 Å². The molecule has 0 bridgehead atoms. The molecule has 92 valence electrons. The average Bonchev–Trinajstić information content (AvgIpc) is 3.01. The van der Waals surface area contributed by atoms with E-state index in [2.05, 4.69) is 6.07 Å². The van der Waals surface area contributed by atoms with Crippen LogP contribution in [0.5, 0.6) is 5.75 Å². The average molecular weight is 234 g/mol. The Labute approximate surface area is 101 Å². The predicted octanol–water partition coefficient (Wildman–Crippen LogP) is 2.90. The van der Waals surface area contributed by atoms with Gasteiger partial charge in [0.05, 0.1) is 13.0 Å². The van der Waals surface area contributed by atoms with Crippen molar-refractivity contribution in [2.24, 2.45) is 0 Å². The van der Waals surface area contributed by atoms with Gasteiger partial charge in [-0.2, -0.15) is 0 Å². The van der Waals surface area contributed by atoms with Crippen LogP contribution in [-0.4, -0.2) is 17.7 Å². The molecule has 3 heteroatoms. The summed E-state index contributed by atoms with van der Waals surface area (Å²) in [6.07, 6.45) is 2.10. The second kappa shape index (κ2) is 4.40. The zero-order valence-electron chi connectivity index (χ0n) is 10.3. The molecule has 0 atom stereocenters. The molecule has 0 aliphatic heterocycles. The molecule has 1 fully saturated rings. The fraction of sp³-hybridized carbons (Fsp3) is 0.500. The van der Waals surface area contributed by atoms with E-state index >= 15 is 0 Å². The summed E-state index contributed by atoms with van der Waals surface area (Å²) in [5.41, 5.74) is 2.05. The van der Waals surface area contributed by atoms with Crippen molar-refractivity contribution in [2.75, 3.05) is 6.61 Å². The number of benzene rings is 1. The molecule has 1 aromatic carbocycles. The standard InChI is InChI=1S/C14H18O3/c1-3-17-12-5-4-10(2)8-11(12)14(6-7-14)9-13(15)16/h4-5,8H,3,6-7,9H2,1-2H3,(H,15,16). The molecule has 0 aromatic heterocycles. The zero-order valence-corrected chi connectivity index (χ0v) is 10.3. The van der Waals surface area contributed by atoms with Crippen LogP contribution in [0.25, 0.3) is 0 Å². The highest BCUT2D eigenvalue weighted by atomic mass is 16.5. The van der Waals surface area contributed by atoms with Crippen LogP contribution in [0.3, 0.4) is 0 Å². The lowest BCUT2D eigenvalue weighted by molar-refractivity contribution is -0.137. The molecule has 3 nitrogen and oxygen atoms in total. The van der Waals surface area contributed by atoms with Crippen molar-refractivity contribution in [2.45, 2.75) is 38.5 Å². The number of aryl methyl sites for hydroxylation is 1. The van der Waals surface area contributed by atoms with E-state index in [4.69, 9.17) is 9.84 Å². The molecule has 17 heavy (non-hydrogen) atoms. The first-order valence-electron chi connectivity index (χ1n) is 6.03. The van der Waals surface area contributed by atoms with Gasteiger partial charge >= 0.3 is 5.97 Å². The van der Waals surface area contributed by atoms with Crippen molar-refractivity contribution >= 4 is 5.97 Å². The topological polar surface area (TPSA) is 46.5 Å². The van der Waals surface area contributed by atoms with Crippen LogP contribution in [0.15, 0.2) is 18.2 Å². The summed E-state index contributed by atoms with van der Waals surface area (Å²) in [4.78, 5) is 10.9. The SMILES string of the molecule is CCOc1ccc(C)cc1C1(CC(=O)O)CC1. The molecule has 1 aromatic rings. The zero-order chi connectivity index (χ0) is 12.5. The summed E-state index contributed by atoms with van der Waals surface area (Å²) in [6, 6.07) is 6.03. The second-order valence-electron chi connectivity index (χ2n) is 4.78.